The average Bonchev–Trinajstić information content (AvgIpc) is 2.86. The lowest BCUT2D eigenvalue weighted by Crippen LogP contribution is -2.53. The molecule has 1 fully saturated rings. The molecule has 3 amide bonds. The maximum atomic E-state index is 12.7. The number of allylic oxidation sites excluding steroid dienone is 2. The summed E-state index contributed by atoms with van der Waals surface area (Å²) in [5.41, 5.74) is 7.80. The van der Waals surface area contributed by atoms with Gasteiger partial charge in [-0.15, -0.1) is 0 Å². The van der Waals surface area contributed by atoms with Crippen molar-refractivity contribution in [2.75, 3.05) is 6.67 Å². The van der Waals surface area contributed by atoms with E-state index in [2.05, 4.69) is 0 Å². The summed E-state index contributed by atoms with van der Waals surface area (Å²) in [5.74, 6) is -1.17. The Bertz CT molecular complexity index is 747. The second kappa shape index (κ2) is 6.11. The quantitative estimate of drug-likeness (QED) is 0.652. The first-order chi connectivity index (χ1) is 12.1. The van der Waals surface area contributed by atoms with Gasteiger partial charge in [-0.2, -0.15) is 0 Å². The fourth-order valence-corrected chi connectivity index (χ4v) is 4.20. The van der Waals surface area contributed by atoms with Gasteiger partial charge in [-0.3, -0.25) is 24.2 Å². The molecule has 0 radical (unpaired) electrons. The van der Waals surface area contributed by atoms with Crippen molar-refractivity contribution in [3.8, 4) is 0 Å². The van der Waals surface area contributed by atoms with E-state index in [1.54, 1.807) is 0 Å². The Hall–Kier alpha value is -2.47. The van der Waals surface area contributed by atoms with Crippen LogP contribution in [0.2, 0.25) is 0 Å². The summed E-state index contributed by atoms with van der Waals surface area (Å²) in [7, 11) is 0. The molecule has 130 valence electrons. The summed E-state index contributed by atoms with van der Waals surface area (Å²) in [6, 6.07) is 7.40. The van der Waals surface area contributed by atoms with Crippen LogP contribution in [-0.4, -0.2) is 40.2 Å². The molecule has 3 unspecified atom stereocenters. The van der Waals surface area contributed by atoms with Gasteiger partial charge in [-0.05, 0) is 30.4 Å². The number of primary amides is 1. The van der Waals surface area contributed by atoms with Gasteiger partial charge in [0, 0.05) is 6.54 Å². The Morgan fingerprint density at radius 3 is 2.24 bits per heavy atom. The zero-order valence-corrected chi connectivity index (χ0v) is 13.9. The Kier molecular flexibility index (Phi) is 3.92. The molecule has 2 aliphatic heterocycles. The molecule has 0 aromatic heterocycles. The Labute approximate surface area is 146 Å². The number of benzene rings is 1. The van der Waals surface area contributed by atoms with E-state index in [1.165, 1.54) is 4.90 Å². The minimum Gasteiger partial charge on any atom is -0.368 e. The minimum absolute atomic E-state index is 0.124. The lowest BCUT2D eigenvalue weighted by Gasteiger charge is -2.36. The number of carbonyl (C=O) groups is 3. The highest BCUT2D eigenvalue weighted by Crippen LogP contribution is 2.35. The summed E-state index contributed by atoms with van der Waals surface area (Å²) in [5, 5.41) is 0. The molecule has 1 saturated heterocycles. The molecule has 2 N–H and O–H groups in total. The van der Waals surface area contributed by atoms with Crippen LogP contribution in [0.25, 0.3) is 0 Å². The minimum atomic E-state index is -0.503. The van der Waals surface area contributed by atoms with Gasteiger partial charge in [-0.25, -0.2) is 0 Å². The van der Waals surface area contributed by atoms with E-state index in [1.807, 2.05) is 41.3 Å². The first-order valence-electron chi connectivity index (χ1n) is 8.66. The lowest BCUT2D eigenvalue weighted by molar-refractivity contribution is -0.145. The zero-order chi connectivity index (χ0) is 17.6. The maximum absolute atomic E-state index is 12.7. The second-order valence-electron chi connectivity index (χ2n) is 7.04. The highest BCUT2D eigenvalue weighted by Gasteiger charge is 2.48. The van der Waals surface area contributed by atoms with E-state index in [-0.39, 0.29) is 30.3 Å². The van der Waals surface area contributed by atoms with Gasteiger partial charge >= 0.3 is 0 Å². The van der Waals surface area contributed by atoms with Crippen LogP contribution in [0.4, 0.5) is 0 Å². The molecule has 0 saturated carbocycles. The molecular formula is C19H21N3O3. The third kappa shape index (κ3) is 2.66. The van der Waals surface area contributed by atoms with Crippen molar-refractivity contribution >= 4 is 17.7 Å². The van der Waals surface area contributed by atoms with Crippen molar-refractivity contribution in [3.63, 3.8) is 0 Å². The largest absolute Gasteiger partial charge is 0.368 e. The van der Waals surface area contributed by atoms with Gasteiger partial charge in [0.25, 0.3) is 0 Å². The Morgan fingerprint density at radius 1 is 1.04 bits per heavy atom. The molecule has 1 aromatic rings. The van der Waals surface area contributed by atoms with Gasteiger partial charge in [0.2, 0.25) is 17.7 Å². The number of likely N-dealkylation sites (tertiary alicyclic amines) is 1. The van der Waals surface area contributed by atoms with E-state index in [0.29, 0.717) is 25.8 Å². The molecule has 4 rings (SSSR count). The van der Waals surface area contributed by atoms with Crippen molar-refractivity contribution in [2.45, 2.75) is 31.8 Å². The molecule has 3 aliphatic rings. The molecule has 6 heteroatoms. The van der Waals surface area contributed by atoms with E-state index in [0.717, 1.165) is 11.1 Å². The second-order valence-corrected chi connectivity index (χ2v) is 7.04. The number of imide groups is 1. The fourth-order valence-electron chi connectivity index (χ4n) is 4.20. The van der Waals surface area contributed by atoms with Crippen LogP contribution in [-0.2, 0) is 27.3 Å². The van der Waals surface area contributed by atoms with Crippen molar-refractivity contribution in [1.29, 1.82) is 0 Å². The average molecular weight is 339 g/mol. The molecule has 0 bridgehead atoms. The lowest BCUT2D eigenvalue weighted by atomic mass is 9.85. The summed E-state index contributed by atoms with van der Waals surface area (Å²) in [6.07, 6.45) is 5.69. The number of nitrogens with zero attached hydrogens (tertiary/aromatic N) is 2. The molecule has 6 nitrogen and oxygen atoms in total. The number of hydrogen-bond acceptors (Lipinski definition) is 4. The van der Waals surface area contributed by atoms with E-state index >= 15 is 0 Å². The normalized spacial score (nSPS) is 28.8. The molecule has 2 heterocycles. The van der Waals surface area contributed by atoms with Crippen LogP contribution in [0.3, 0.4) is 0 Å². The Balaban J connectivity index is 1.58. The summed E-state index contributed by atoms with van der Waals surface area (Å²) >= 11 is 0. The maximum Gasteiger partial charge on any atom is 0.235 e. The SMILES string of the molecule is NC(=O)C1Cc2ccccc2CN1CN1C(=O)C2CC=CCC2C1=O. The van der Waals surface area contributed by atoms with E-state index in [4.69, 9.17) is 5.73 Å². The van der Waals surface area contributed by atoms with Crippen molar-refractivity contribution in [1.82, 2.24) is 9.80 Å². The number of rotatable bonds is 3. The van der Waals surface area contributed by atoms with Gasteiger partial charge in [0.05, 0.1) is 24.5 Å². The zero-order valence-electron chi connectivity index (χ0n) is 13.9. The van der Waals surface area contributed by atoms with Crippen molar-refractivity contribution in [3.05, 3.63) is 47.5 Å². The molecule has 0 spiro atoms. The van der Waals surface area contributed by atoms with Crippen LogP contribution < -0.4 is 5.73 Å². The van der Waals surface area contributed by atoms with Crippen LogP contribution in [0.15, 0.2) is 36.4 Å². The summed E-state index contributed by atoms with van der Waals surface area (Å²) in [6.45, 7) is 0.640. The highest BCUT2D eigenvalue weighted by molar-refractivity contribution is 6.05. The number of nitrogens with two attached hydrogens (primary N) is 1. The van der Waals surface area contributed by atoms with E-state index < -0.39 is 11.9 Å². The number of carbonyl (C=O) groups excluding carboxylic acids is 3. The highest BCUT2D eigenvalue weighted by atomic mass is 16.2. The van der Waals surface area contributed by atoms with Crippen molar-refractivity contribution < 1.29 is 14.4 Å². The molecule has 1 aromatic carbocycles. The fraction of sp³-hybridized carbons (Fsp3) is 0.421. The third-order valence-corrected chi connectivity index (χ3v) is 5.60. The summed E-state index contributed by atoms with van der Waals surface area (Å²) < 4.78 is 0. The molecular weight excluding hydrogens is 318 g/mol. The van der Waals surface area contributed by atoms with Gasteiger partial charge < -0.3 is 5.73 Å². The Morgan fingerprint density at radius 2 is 1.64 bits per heavy atom. The number of fused-ring (bicyclic) bond motifs is 2. The molecule has 3 atom stereocenters. The molecule has 1 aliphatic carbocycles. The van der Waals surface area contributed by atoms with Gasteiger partial charge in [0.1, 0.15) is 0 Å². The number of amides is 3. The van der Waals surface area contributed by atoms with Crippen molar-refractivity contribution in [2.24, 2.45) is 17.6 Å². The van der Waals surface area contributed by atoms with Crippen LogP contribution in [0.1, 0.15) is 24.0 Å². The number of hydrogen-bond donors (Lipinski definition) is 1. The standard InChI is InChI=1S/C19H21N3O3/c20-17(23)16-9-12-5-1-2-6-13(12)10-21(16)11-22-18(24)14-7-3-4-8-15(14)19(22)25/h1-6,14-16H,7-11H2,(H2,20,23). The smallest absolute Gasteiger partial charge is 0.235 e. The predicted octanol–water partition coefficient (Wildman–Crippen LogP) is 0.807. The van der Waals surface area contributed by atoms with Crippen LogP contribution in [0, 0.1) is 11.8 Å². The first kappa shape index (κ1) is 16.0. The van der Waals surface area contributed by atoms with E-state index in [9.17, 15) is 14.4 Å². The monoisotopic (exact) mass is 339 g/mol. The summed E-state index contributed by atoms with van der Waals surface area (Å²) in [4.78, 5) is 40.5. The van der Waals surface area contributed by atoms with Crippen LogP contribution >= 0.6 is 0 Å². The predicted molar refractivity (Wildman–Crippen MR) is 90.7 cm³/mol. The first-order valence-corrected chi connectivity index (χ1v) is 8.66. The molecule has 25 heavy (non-hydrogen) atoms. The van der Waals surface area contributed by atoms with Gasteiger partial charge in [-0.1, -0.05) is 36.4 Å². The van der Waals surface area contributed by atoms with Gasteiger partial charge in [0.15, 0.2) is 0 Å². The third-order valence-electron chi connectivity index (χ3n) is 5.60. The van der Waals surface area contributed by atoms with Crippen LogP contribution in [0.5, 0.6) is 0 Å². The topological polar surface area (TPSA) is 83.7 Å².